The van der Waals surface area contributed by atoms with Gasteiger partial charge in [0.15, 0.2) is 6.29 Å². The van der Waals surface area contributed by atoms with E-state index in [1.807, 2.05) is 0 Å². The summed E-state index contributed by atoms with van der Waals surface area (Å²) in [6.45, 7) is 0.875. The Balaban J connectivity index is 2.06. The van der Waals surface area contributed by atoms with Crippen molar-refractivity contribution in [2.75, 3.05) is 19.9 Å². The van der Waals surface area contributed by atoms with Gasteiger partial charge in [-0.25, -0.2) is 0 Å². The fourth-order valence-electron chi connectivity index (χ4n) is 0.663. The molecule has 0 bridgehead atoms. The molecule has 0 amide bonds. The van der Waals surface area contributed by atoms with E-state index in [1.54, 1.807) is 0 Å². The van der Waals surface area contributed by atoms with Gasteiger partial charge in [0.05, 0.1) is 19.9 Å². The fourth-order valence-corrected chi connectivity index (χ4v) is 0.663. The van der Waals surface area contributed by atoms with Gasteiger partial charge >= 0.3 is 0 Å². The van der Waals surface area contributed by atoms with Crippen LogP contribution in [-0.2, 0) is 9.47 Å². The van der Waals surface area contributed by atoms with Crippen LogP contribution in [0.15, 0.2) is 0 Å². The normalized spacial score (nSPS) is 22.1. The summed E-state index contributed by atoms with van der Waals surface area (Å²) in [7, 11) is 0. The first-order valence-electron chi connectivity index (χ1n) is 2.72. The molecule has 1 fully saturated rings. The Bertz CT molecular complexity index is 61.4. The minimum Gasteiger partial charge on any atom is -0.350 e. The van der Waals surface area contributed by atoms with Crippen LogP contribution in [-0.4, -0.2) is 26.2 Å². The highest BCUT2D eigenvalue weighted by Crippen LogP contribution is 2.06. The zero-order valence-electron chi connectivity index (χ0n) is 4.60. The van der Waals surface area contributed by atoms with Gasteiger partial charge in [-0.1, -0.05) is 0 Å². The zero-order chi connectivity index (χ0) is 5.82. The van der Waals surface area contributed by atoms with Crippen molar-refractivity contribution < 1.29 is 13.9 Å². The van der Waals surface area contributed by atoms with Crippen LogP contribution < -0.4 is 0 Å². The first-order valence-corrected chi connectivity index (χ1v) is 2.72. The first-order chi connectivity index (χ1) is 3.93. The Morgan fingerprint density at radius 3 is 2.50 bits per heavy atom. The SMILES string of the molecule is FCCC1OCCO1. The van der Waals surface area contributed by atoms with Gasteiger partial charge in [0, 0.05) is 6.42 Å². The van der Waals surface area contributed by atoms with Crippen LogP contribution in [0.5, 0.6) is 0 Å². The molecule has 1 rings (SSSR count). The van der Waals surface area contributed by atoms with Crippen LogP contribution in [0.1, 0.15) is 6.42 Å². The number of hydrogen-bond acceptors (Lipinski definition) is 2. The van der Waals surface area contributed by atoms with E-state index < -0.39 is 0 Å². The molecule has 3 heteroatoms. The van der Waals surface area contributed by atoms with Gasteiger partial charge in [-0.2, -0.15) is 0 Å². The van der Waals surface area contributed by atoms with Gasteiger partial charge in [0.2, 0.25) is 0 Å². The third-order valence-corrected chi connectivity index (χ3v) is 1.04. The second kappa shape index (κ2) is 2.99. The summed E-state index contributed by atoms with van der Waals surface area (Å²) in [4.78, 5) is 0. The molecule has 0 aromatic heterocycles. The molecule has 0 spiro atoms. The summed E-state index contributed by atoms with van der Waals surface area (Å²) in [5.74, 6) is 0. The summed E-state index contributed by atoms with van der Waals surface area (Å²) in [6, 6.07) is 0. The van der Waals surface area contributed by atoms with Crippen LogP contribution in [0.4, 0.5) is 4.39 Å². The van der Waals surface area contributed by atoms with E-state index in [-0.39, 0.29) is 13.0 Å². The van der Waals surface area contributed by atoms with Gasteiger partial charge in [0.25, 0.3) is 0 Å². The average molecular weight is 120 g/mol. The highest BCUT2D eigenvalue weighted by molar-refractivity contribution is 4.49. The third-order valence-electron chi connectivity index (χ3n) is 1.04. The van der Waals surface area contributed by atoms with Crippen molar-refractivity contribution in [1.82, 2.24) is 0 Å². The molecular formula is C5H9FO2. The number of halogens is 1. The van der Waals surface area contributed by atoms with Crippen LogP contribution in [0.25, 0.3) is 0 Å². The van der Waals surface area contributed by atoms with Crippen LogP contribution in [0, 0.1) is 0 Å². The lowest BCUT2D eigenvalue weighted by Crippen LogP contribution is -2.07. The van der Waals surface area contributed by atoms with Crippen LogP contribution in [0.2, 0.25) is 0 Å². The Morgan fingerprint density at radius 1 is 1.38 bits per heavy atom. The topological polar surface area (TPSA) is 18.5 Å². The minimum absolute atomic E-state index is 0.264. The van der Waals surface area contributed by atoms with E-state index in [0.29, 0.717) is 19.6 Å². The second-order valence-electron chi connectivity index (χ2n) is 1.65. The molecule has 48 valence electrons. The van der Waals surface area contributed by atoms with Crippen molar-refractivity contribution in [3.8, 4) is 0 Å². The average Bonchev–Trinajstić information content (AvgIpc) is 2.19. The van der Waals surface area contributed by atoms with Gasteiger partial charge in [-0.05, 0) is 0 Å². The lowest BCUT2D eigenvalue weighted by Gasteiger charge is -2.03. The molecule has 0 aromatic rings. The number of alkyl halides is 1. The van der Waals surface area contributed by atoms with E-state index >= 15 is 0 Å². The second-order valence-corrected chi connectivity index (χ2v) is 1.65. The van der Waals surface area contributed by atoms with E-state index in [4.69, 9.17) is 9.47 Å². The quantitative estimate of drug-likeness (QED) is 0.534. The lowest BCUT2D eigenvalue weighted by molar-refractivity contribution is -0.0498. The van der Waals surface area contributed by atoms with Crippen molar-refractivity contribution in [2.24, 2.45) is 0 Å². The zero-order valence-corrected chi connectivity index (χ0v) is 4.60. The summed E-state index contributed by atoms with van der Waals surface area (Å²) in [5.41, 5.74) is 0. The molecule has 0 N–H and O–H groups in total. The number of ether oxygens (including phenoxy) is 2. The van der Waals surface area contributed by atoms with Crippen molar-refractivity contribution >= 4 is 0 Å². The predicted molar refractivity (Wildman–Crippen MR) is 26.3 cm³/mol. The molecule has 0 aliphatic carbocycles. The molecule has 0 unspecified atom stereocenters. The molecule has 1 aliphatic heterocycles. The lowest BCUT2D eigenvalue weighted by atomic mass is 10.5. The Labute approximate surface area is 47.6 Å². The van der Waals surface area contributed by atoms with Gasteiger partial charge in [-0.15, -0.1) is 0 Å². The highest BCUT2D eigenvalue weighted by atomic mass is 19.1. The Hall–Kier alpha value is -0.150. The van der Waals surface area contributed by atoms with Crippen LogP contribution >= 0.6 is 0 Å². The van der Waals surface area contributed by atoms with Crippen molar-refractivity contribution in [2.45, 2.75) is 12.7 Å². The standard InChI is InChI=1S/C5H9FO2/c6-2-1-5-7-3-4-8-5/h5H,1-4H2. The minimum atomic E-state index is -0.356. The summed E-state index contributed by atoms with van der Waals surface area (Å²) < 4.78 is 21.3. The number of hydrogen-bond donors (Lipinski definition) is 0. The molecule has 1 heterocycles. The van der Waals surface area contributed by atoms with Gasteiger partial charge in [0.1, 0.15) is 0 Å². The van der Waals surface area contributed by atoms with E-state index in [9.17, 15) is 4.39 Å². The van der Waals surface area contributed by atoms with E-state index in [1.165, 1.54) is 0 Å². The van der Waals surface area contributed by atoms with Crippen molar-refractivity contribution in [3.05, 3.63) is 0 Å². The van der Waals surface area contributed by atoms with Gasteiger partial charge in [-0.3, -0.25) is 4.39 Å². The maximum atomic E-state index is 11.5. The summed E-state index contributed by atoms with van der Waals surface area (Å²) in [6.07, 6.45) is 0.111. The molecule has 0 saturated carbocycles. The van der Waals surface area contributed by atoms with Crippen molar-refractivity contribution in [1.29, 1.82) is 0 Å². The van der Waals surface area contributed by atoms with Gasteiger partial charge < -0.3 is 9.47 Å². The number of rotatable bonds is 2. The monoisotopic (exact) mass is 120 g/mol. The summed E-state index contributed by atoms with van der Waals surface area (Å²) >= 11 is 0. The molecule has 1 saturated heterocycles. The maximum absolute atomic E-state index is 11.5. The van der Waals surface area contributed by atoms with E-state index in [2.05, 4.69) is 0 Å². The smallest absolute Gasteiger partial charge is 0.160 e. The maximum Gasteiger partial charge on any atom is 0.160 e. The largest absolute Gasteiger partial charge is 0.350 e. The molecule has 0 aromatic carbocycles. The predicted octanol–water partition coefficient (Wildman–Crippen LogP) is 0.719. The molecule has 0 atom stereocenters. The third kappa shape index (κ3) is 1.42. The molecule has 8 heavy (non-hydrogen) atoms. The molecule has 2 nitrogen and oxygen atoms in total. The van der Waals surface area contributed by atoms with Crippen molar-refractivity contribution in [3.63, 3.8) is 0 Å². The van der Waals surface area contributed by atoms with Crippen LogP contribution in [0.3, 0.4) is 0 Å². The highest BCUT2D eigenvalue weighted by Gasteiger charge is 2.14. The Morgan fingerprint density at radius 2 is 2.00 bits per heavy atom. The fraction of sp³-hybridized carbons (Fsp3) is 1.00. The van der Waals surface area contributed by atoms with E-state index in [0.717, 1.165) is 0 Å². The summed E-state index contributed by atoms with van der Waals surface area (Å²) in [5, 5.41) is 0. The molecule has 0 radical (unpaired) electrons. The molecular weight excluding hydrogens is 111 g/mol. The molecule has 1 aliphatic rings. The first kappa shape index (κ1) is 5.98. The Kier molecular flexibility index (Phi) is 2.24.